The summed E-state index contributed by atoms with van der Waals surface area (Å²) in [6.07, 6.45) is 0. The Kier molecular flexibility index (Phi) is 3.92. The van der Waals surface area contributed by atoms with E-state index < -0.39 is 0 Å². The molecule has 4 nitrogen and oxygen atoms in total. The predicted octanol–water partition coefficient (Wildman–Crippen LogP) is 5.50. The second kappa shape index (κ2) is 6.02. The molecule has 6 heteroatoms. The van der Waals surface area contributed by atoms with Gasteiger partial charge in [0, 0.05) is 15.9 Å². The Morgan fingerprint density at radius 3 is 2.77 bits per heavy atom. The topological polar surface area (TPSA) is 61.7 Å². The van der Waals surface area contributed by atoms with Gasteiger partial charge in [-0.15, -0.1) is 0 Å². The first kappa shape index (κ1) is 14.3. The van der Waals surface area contributed by atoms with E-state index in [4.69, 9.17) is 17.1 Å². The van der Waals surface area contributed by atoms with Gasteiger partial charge >= 0.3 is 0 Å². The third-order valence-corrected chi connectivity index (χ3v) is 3.61. The number of halogens is 2. The summed E-state index contributed by atoms with van der Waals surface area (Å²) in [5, 5.41) is 4.88. The Morgan fingerprint density at radius 2 is 2.00 bits per heavy atom. The van der Waals surface area contributed by atoms with E-state index in [-0.39, 0.29) is 12.4 Å². The Hall–Kier alpha value is -2.62. The maximum absolute atomic E-state index is 14.1. The Labute approximate surface area is 130 Å². The highest BCUT2D eigenvalue weighted by atomic mass is 35.5. The van der Waals surface area contributed by atoms with E-state index in [2.05, 4.69) is 15.0 Å². The lowest BCUT2D eigenvalue weighted by Gasteiger charge is -2.11. The summed E-state index contributed by atoms with van der Waals surface area (Å²) in [7, 11) is 0. The van der Waals surface area contributed by atoms with Crippen LogP contribution < -0.4 is 0 Å². The number of rotatable bonds is 3. The number of nitrogens with zero attached hydrogens (tertiary/aromatic N) is 4. The second-order valence-electron chi connectivity index (χ2n) is 4.68. The highest BCUT2D eigenvalue weighted by Gasteiger charge is 2.13. The summed E-state index contributed by atoms with van der Waals surface area (Å²) < 4.78 is 14.1. The number of fused-ring (bicyclic) bond motifs is 1. The van der Waals surface area contributed by atoms with Crippen molar-refractivity contribution >= 4 is 22.5 Å². The monoisotopic (exact) mass is 312 g/mol. The van der Waals surface area contributed by atoms with E-state index in [1.54, 1.807) is 24.3 Å². The van der Waals surface area contributed by atoms with Crippen molar-refractivity contribution in [2.75, 3.05) is 0 Å². The van der Waals surface area contributed by atoms with Gasteiger partial charge in [-0.25, -0.2) is 9.37 Å². The SMILES string of the molecule is [N-]=[N+]=NCc1cc2cccc(Cl)c2nc1-c1ccccc1F. The molecule has 0 spiro atoms. The summed E-state index contributed by atoms with van der Waals surface area (Å²) in [4.78, 5) is 7.27. The van der Waals surface area contributed by atoms with Crippen LogP contribution in [0.2, 0.25) is 5.02 Å². The summed E-state index contributed by atoms with van der Waals surface area (Å²) in [6.45, 7) is 0.0929. The van der Waals surface area contributed by atoms with Crippen LogP contribution in [0.1, 0.15) is 5.56 Å². The zero-order valence-electron chi connectivity index (χ0n) is 11.4. The molecule has 22 heavy (non-hydrogen) atoms. The second-order valence-corrected chi connectivity index (χ2v) is 5.08. The van der Waals surface area contributed by atoms with Crippen molar-refractivity contribution < 1.29 is 4.39 Å². The summed E-state index contributed by atoms with van der Waals surface area (Å²) in [5.41, 5.74) is 10.6. The normalized spacial score (nSPS) is 10.5. The Bertz CT molecular complexity index is 904. The van der Waals surface area contributed by atoms with Crippen molar-refractivity contribution in [2.24, 2.45) is 5.11 Å². The zero-order chi connectivity index (χ0) is 15.5. The maximum Gasteiger partial charge on any atom is 0.132 e. The minimum absolute atomic E-state index is 0.0929. The van der Waals surface area contributed by atoms with Gasteiger partial charge in [0.05, 0.1) is 22.8 Å². The molecule has 0 aliphatic carbocycles. The van der Waals surface area contributed by atoms with Gasteiger partial charge < -0.3 is 0 Å². The van der Waals surface area contributed by atoms with Crippen LogP contribution in [-0.2, 0) is 6.54 Å². The van der Waals surface area contributed by atoms with Crippen molar-refractivity contribution in [1.82, 2.24) is 4.98 Å². The number of hydrogen-bond acceptors (Lipinski definition) is 2. The molecule has 0 radical (unpaired) electrons. The third-order valence-electron chi connectivity index (χ3n) is 3.31. The fourth-order valence-corrected chi connectivity index (χ4v) is 2.55. The van der Waals surface area contributed by atoms with Gasteiger partial charge in [0.1, 0.15) is 5.82 Å². The molecule has 0 aliphatic rings. The highest BCUT2D eigenvalue weighted by Crippen LogP contribution is 2.30. The third kappa shape index (κ3) is 2.60. The Balaban J connectivity index is 2.32. The van der Waals surface area contributed by atoms with Crippen LogP contribution in [-0.4, -0.2) is 4.98 Å². The zero-order valence-corrected chi connectivity index (χ0v) is 12.1. The first-order chi connectivity index (χ1) is 10.7. The van der Waals surface area contributed by atoms with Crippen LogP contribution in [0.4, 0.5) is 4.39 Å². The van der Waals surface area contributed by atoms with Crippen LogP contribution in [0.5, 0.6) is 0 Å². The molecule has 0 amide bonds. The first-order valence-corrected chi connectivity index (χ1v) is 6.92. The fraction of sp³-hybridized carbons (Fsp3) is 0.0625. The minimum Gasteiger partial charge on any atom is -0.246 e. The smallest absolute Gasteiger partial charge is 0.132 e. The average molecular weight is 313 g/mol. The van der Waals surface area contributed by atoms with Crippen LogP contribution >= 0.6 is 11.6 Å². The largest absolute Gasteiger partial charge is 0.246 e. The van der Waals surface area contributed by atoms with Crippen molar-refractivity contribution in [3.05, 3.63) is 75.4 Å². The fourth-order valence-electron chi connectivity index (χ4n) is 2.32. The van der Waals surface area contributed by atoms with Gasteiger partial charge in [-0.1, -0.05) is 41.0 Å². The molecule has 0 saturated carbocycles. The molecule has 1 heterocycles. The van der Waals surface area contributed by atoms with Crippen molar-refractivity contribution in [2.45, 2.75) is 6.54 Å². The van der Waals surface area contributed by atoms with Crippen LogP contribution in [0.25, 0.3) is 32.6 Å². The molecule has 2 aromatic carbocycles. The number of para-hydroxylation sites is 1. The van der Waals surface area contributed by atoms with Crippen molar-refractivity contribution in [1.29, 1.82) is 0 Å². The van der Waals surface area contributed by atoms with Gasteiger partial charge in [0.15, 0.2) is 0 Å². The number of aromatic nitrogens is 1. The Morgan fingerprint density at radius 1 is 1.18 bits per heavy atom. The van der Waals surface area contributed by atoms with Crippen molar-refractivity contribution in [3.8, 4) is 11.3 Å². The number of benzene rings is 2. The molecule has 0 N–H and O–H groups in total. The van der Waals surface area contributed by atoms with Crippen LogP contribution in [0, 0.1) is 5.82 Å². The van der Waals surface area contributed by atoms with E-state index in [1.165, 1.54) is 6.07 Å². The minimum atomic E-state index is -0.386. The highest BCUT2D eigenvalue weighted by molar-refractivity contribution is 6.35. The van der Waals surface area contributed by atoms with E-state index in [1.807, 2.05) is 18.2 Å². The molecule has 108 valence electrons. The molecule has 0 fully saturated rings. The molecule has 0 unspecified atom stereocenters. The lowest BCUT2D eigenvalue weighted by atomic mass is 10.0. The van der Waals surface area contributed by atoms with Crippen LogP contribution in [0.3, 0.4) is 0 Å². The lowest BCUT2D eigenvalue weighted by molar-refractivity contribution is 0.630. The molecule has 3 aromatic rings. The van der Waals surface area contributed by atoms with Gasteiger partial charge in [-0.05, 0) is 35.4 Å². The van der Waals surface area contributed by atoms with E-state index in [0.29, 0.717) is 27.4 Å². The maximum atomic E-state index is 14.1. The number of pyridine rings is 1. The van der Waals surface area contributed by atoms with Gasteiger partial charge in [-0.2, -0.15) is 0 Å². The molecule has 3 rings (SSSR count). The number of azide groups is 1. The van der Waals surface area contributed by atoms with Crippen molar-refractivity contribution in [3.63, 3.8) is 0 Å². The van der Waals surface area contributed by atoms with E-state index >= 15 is 0 Å². The molecule has 0 aliphatic heterocycles. The summed E-state index contributed by atoms with van der Waals surface area (Å²) in [5.74, 6) is -0.386. The predicted molar refractivity (Wildman–Crippen MR) is 85.0 cm³/mol. The lowest BCUT2D eigenvalue weighted by Crippen LogP contribution is -1.96. The molecule has 0 bridgehead atoms. The molecular weight excluding hydrogens is 303 g/mol. The van der Waals surface area contributed by atoms with Gasteiger partial charge in [-0.3, -0.25) is 0 Å². The van der Waals surface area contributed by atoms with E-state index in [0.717, 1.165) is 5.39 Å². The number of hydrogen-bond donors (Lipinski definition) is 0. The standard InChI is InChI=1S/C16H10ClFN4/c17-13-6-3-4-10-8-11(9-20-22-19)15(21-16(10)13)12-5-1-2-7-14(12)18/h1-8H,9H2. The van der Waals surface area contributed by atoms with Gasteiger partial charge in [0.2, 0.25) is 0 Å². The average Bonchev–Trinajstić information content (AvgIpc) is 2.53. The van der Waals surface area contributed by atoms with E-state index in [9.17, 15) is 4.39 Å². The molecule has 0 saturated heterocycles. The quantitative estimate of drug-likeness (QED) is 0.357. The molecular formula is C16H10ClFN4. The van der Waals surface area contributed by atoms with Crippen LogP contribution in [0.15, 0.2) is 53.6 Å². The summed E-state index contributed by atoms with van der Waals surface area (Å²) in [6, 6.07) is 13.6. The molecule has 1 aromatic heterocycles. The van der Waals surface area contributed by atoms with Gasteiger partial charge in [0.25, 0.3) is 0 Å². The first-order valence-electron chi connectivity index (χ1n) is 6.54. The molecule has 0 atom stereocenters. The summed E-state index contributed by atoms with van der Waals surface area (Å²) >= 11 is 6.17.